The van der Waals surface area contributed by atoms with Crippen LogP contribution in [0.4, 0.5) is 0 Å². The monoisotopic (exact) mass is 151 g/mol. The SMILES string of the molecule is CC(=N)c1c(O)cccc1O. The van der Waals surface area contributed by atoms with E-state index in [0.717, 1.165) is 0 Å². The van der Waals surface area contributed by atoms with E-state index in [1.54, 1.807) is 0 Å². The van der Waals surface area contributed by atoms with Crippen LogP contribution in [0.3, 0.4) is 0 Å². The lowest BCUT2D eigenvalue weighted by molar-refractivity contribution is 0.448. The average molecular weight is 151 g/mol. The van der Waals surface area contributed by atoms with E-state index < -0.39 is 0 Å². The second-order valence-corrected chi connectivity index (χ2v) is 2.30. The van der Waals surface area contributed by atoms with E-state index in [-0.39, 0.29) is 22.8 Å². The van der Waals surface area contributed by atoms with Gasteiger partial charge < -0.3 is 15.6 Å². The van der Waals surface area contributed by atoms with E-state index in [0.29, 0.717) is 0 Å². The molecule has 1 aromatic rings. The molecule has 0 saturated carbocycles. The molecule has 3 heteroatoms. The summed E-state index contributed by atoms with van der Waals surface area (Å²) in [7, 11) is 0. The van der Waals surface area contributed by atoms with Crippen molar-refractivity contribution in [3.63, 3.8) is 0 Å². The number of nitrogens with one attached hydrogen (secondary N) is 1. The first-order valence-corrected chi connectivity index (χ1v) is 3.19. The molecule has 0 aromatic heterocycles. The molecule has 1 rings (SSSR count). The van der Waals surface area contributed by atoms with Crippen molar-refractivity contribution in [3.8, 4) is 11.5 Å². The highest BCUT2D eigenvalue weighted by Gasteiger charge is 2.07. The average Bonchev–Trinajstić information content (AvgIpc) is 1.85. The van der Waals surface area contributed by atoms with E-state index in [1.807, 2.05) is 0 Å². The minimum Gasteiger partial charge on any atom is -0.507 e. The molecule has 0 aliphatic heterocycles. The van der Waals surface area contributed by atoms with Crippen molar-refractivity contribution in [2.24, 2.45) is 0 Å². The van der Waals surface area contributed by atoms with Crippen LogP contribution >= 0.6 is 0 Å². The second kappa shape index (κ2) is 2.62. The van der Waals surface area contributed by atoms with Crippen LogP contribution in [0.25, 0.3) is 0 Å². The molecule has 58 valence electrons. The number of hydrogen-bond acceptors (Lipinski definition) is 3. The molecule has 1 aromatic carbocycles. The molecule has 0 radical (unpaired) electrons. The summed E-state index contributed by atoms with van der Waals surface area (Å²) in [5.41, 5.74) is 0.355. The summed E-state index contributed by atoms with van der Waals surface area (Å²) in [6.45, 7) is 1.51. The van der Waals surface area contributed by atoms with Crippen LogP contribution in [0.5, 0.6) is 11.5 Å². The molecule has 0 atom stereocenters. The van der Waals surface area contributed by atoms with Crippen LogP contribution in [0.2, 0.25) is 0 Å². The molecule has 0 aliphatic rings. The smallest absolute Gasteiger partial charge is 0.128 e. The maximum atomic E-state index is 9.16. The summed E-state index contributed by atoms with van der Waals surface area (Å²) >= 11 is 0. The van der Waals surface area contributed by atoms with Gasteiger partial charge in [-0.15, -0.1) is 0 Å². The first kappa shape index (κ1) is 7.60. The molecular formula is C8H9NO2. The van der Waals surface area contributed by atoms with E-state index in [2.05, 4.69) is 0 Å². The Morgan fingerprint density at radius 2 is 1.73 bits per heavy atom. The van der Waals surface area contributed by atoms with Crippen molar-refractivity contribution in [1.29, 1.82) is 5.41 Å². The van der Waals surface area contributed by atoms with Gasteiger partial charge in [-0.25, -0.2) is 0 Å². The molecule has 11 heavy (non-hydrogen) atoms. The number of phenolic OH excluding ortho intramolecular Hbond substituents is 2. The van der Waals surface area contributed by atoms with Gasteiger partial charge in [-0.1, -0.05) is 6.07 Å². The highest BCUT2D eigenvalue weighted by Crippen LogP contribution is 2.25. The zero-order valence-electron chi connectivity index (χ0n) is 6.13. The van der Waals surface area contributed by atoms with Crippen LogP contribution in [0.1, 0.15) is 12.5 Å². The fourth-order valence-electron chi connectivity index (χ4n) is 0.912. The molecule has 0 spiro atoms. The minimum atomic E-state index is -0.0579. The predicted molar refractivity (Wildman–Crippen MR) is 42.3 cm³/mol. The number of aromatic hydroxyl groups is 2. The summed E-state index contributed by atoms with van der Waals surface area (Å²) in [6, 6.07) is 4.40. The van der Waals surface area contributed by atoms with Gasteiger partial charge in [0.2, 0.25) is 0 Å². The molecule has 0 bridgehead atoms. The largest absolute Gasteiger partial charge is 0.507 e. The molecule has 0 saturated heterocycles. The van der Waals surface area contributed by atoms with Gasteiger partial charge in [0, 0.05) is 5.71 Å². The third-order valence-electron chi connectivity index (χ3n) is 1.40. The Labute approximate surface area is 64.4 Å². The summed E-state index contributed by atoms with van der Waals surface area (Å²) in [5.74, 6) is -0.116. The van der Waals surface area contributed by atoms with Gasteiger partial charge in [0.05, 0.1) is 5.56 Å². The third kappa shape index (κ3) is 1.32. The van der Waals surface area contributed by atoms with E-state index >= 15 is 0 Å². The Hall–Kier alpha value is -1.51. The van der Waals surface area contributed by atoms with Crippen LogP contribution in [0.15, 0.2) is 18.2 Å². The fourth-order valence-corrected chi connectivity index (χ4v) is 0.912. The zero-order valence-corrected chi connectivity index (χ0v) is 6.13. The fraction of sp³-hybridized carbons (Fsp3) is 0.125. The predicted octanol–water partition coefficient (Wildman–Crippen LogP) is 1.49. The third-order valence-corrected chi connectivity index (χ3v) is 1.40. The van der Waals surface area contributed by atoms with E-state index in [9.17, 15) is 0 Å². The maximum Gasteiger partial charge on any atom is 0.128 e. The summed E-state index contributed by atoms with van der Waals surface area (Å²) in [5, 5.41) is 25.5. The molecular weight excluding hydrogens is 142 g/mol. The lowest BCUT2D eigenvalue weighted by atomic mass is 10.1. The first-order chi connectivity index (χ1) is 5.13. The van der Waals surface area contributed by atoms with Gasteiger partial charge >= 0.3 is 0 Å². The Morgan fingerprint density at radius 1 is 1.27 bits per heavy atom. The maximum absolute atomic E-state index is 9.16. The van der Waals surface area contributed by atoms with Crippen molar-refractivity contribution in [1.82, 2.24) is 0 Å². The van der Waals surface area contributed by atoms with Gasteiger partial charge in [0.15, 0.2) is 0 Å². The highest BCUT2D eigenvalue weighted by molar-refractivity contribution is 6.01. The van der Waals surface area contributed by atoms with E-state index in [4.69, 9.17) is 15.6 Å². The van der Waals surface area contributed by atoms with E-state index in [1.165, 1.54) is 25.1 Å². The topological polar surface area (TPSA) is 64.3 Å². The molecule has 3 nitrogen and oxygen atoms in total. The number of benzene rings is 1. The van der Waals surface area contributed by atoms with Crippen molar-refractivity contribution in [2.75, 3.05) is 0 Å². The van der Waals surface area contributed by atoms with Crippen LogP contribution in [-0.2, 0) is 0 Å². The Balaban J connectivity index is 3.32. The summed E-state index contributed by atoms with van der Waals surface area (Å²) < 4.78 is 0. The lowest BCUT2D eigenvalue weighted by Crippen LogP contribution is -1.92. The Morgan fingerprint density at radius 3 is 2.00 bits per heavy atom. The minimum absolute atomic E-state index is 0.0579. The molecule has 0 unspecified atom stereocenters. The second-order valence-electron chi connectivity index (χ2n) is 2.30. The number of hydrogen-bond donors (Lipinski definition) is 3. The first-order valence-electron chi connectivity index (χ1n) is 3.19. The lowest BCUT2D eigenvalue weighted by Gasteiger charge is -2.03. The van der Waals surface area contributed by atoms with Gasteiger partial charge in [-0.3, -0.25) is 0 Å². The van der Waals surface area contributed by atoms with Crippen LogP contribution in [0, 0.1) is 5.41 Å². The molecule has 0 fully saturated rings. The number of rotatable bonds is 1. The van der Waals surface area contributed by atoms with Crippen molar-refractivity contribution < 1.29 is 10.2 Å². The summed E-state index contributed by atoms with van der Waals surface area (Å²) in [6.07, 6.45) is 0. The molecule has 0 aliphatic carbocycles. The summed E-state index contributed by atoms with van der Waals surface area (Å²) in [4.78, 5) is 0. The van der Waals surface area contributed by atoms with Crippen LogP contribution < -0.4 is 0 Å². The number of phenols is 2. The van der Waals surface area contributed by atoms with Crippen molar-refractivity contribution >= 4 is 5.71 Å². The molecule has 0 amide bonds. The zero-order chi connectivity index (χ0) is 8.43. The van der Waals surface area contributed by atoms with Gasteiger partial charge in [-0.05, 0) is 19.1 Å². The molecule has 0 heterocycles. The van der Waals surface area contributed by atoms with Gasteiger partial charge in [0.25, 0.3) is 0 Å². The highest BCUT2D eigenvalue weighted by atomic mass is 16.3. The Kier molecular flexibility index (Phi) is 1.81. The molecule has 3 N–H and O–H groups in total. The normalized spacial score (nSPS) is 9.55. The van der Waals surface area contributed by atoms with Gasteiger partial charge in [0.1, 0.15) is 11.5 Å². The quantitative estimate of drug-likeness (QED) is 0.532. The standard InChI is InChI=1S/C8H9NO2/c1-5(9)8-6(10)3-2-4-7(8)11/h2-4,9-11H,1H3. The van der Waals surface area contributed by atoms with Gasteiger partial charge in [-0.2, -0.15) is 0 Å². The van der Waals surface area contributed by atoms with Crippen LogP contribution in [-0.4, -0.2) is 15.9 Å². The Bertz CT molecular complexity index is 274. The van der Waals surface area contributed by atoms with Crippen molar-refractivity contribution in [2.45, 2.75) is 6.92 Å². The van der Waals surface area contributed by atoms with Crippen molar-refractivity contribution in [3.05, 3.63) is 23.8 Å².